The third-order valence-electron chi connectivity index (χ3n) is 1.74. The van der Waals surface area contributed by atoms with Crippen molar-refractivity contribution in [2.45, 2.75) is 6.42 Å². The lowest BCUT2D eigenvalue weighted by Gasteiger charge is -1.92. The number of fused-ring (bicyclic) bond motifs is 1. The Morgan fingerprint density at radius 1 is 1.46 bits per heavy atom. The zero-order chi connectivity index (χ0) is 9.10. The Kier molecular flexibility index (Phi) is 1.88. The van der Waals surface area contributed by atoms with Crippen LogP contribution in [0.2, 0.25) is 0 Å². The van der Waals surface area contributed by atoms with Gasteiger partial charge in [0.05, 0.1) is 0 Å². The standard InChI is InChI=1S/C8H7N5/c1-9-3-2-6-4-7-8(10-5-6)12-13-11-7/h4-5H,2-3H2,(H,10,11,12,13). The first-order chi connectivity index (χ1) is 6.40. The molecule has 0 aliphatic rings. The van der Waals surface area contributed by atoms with Gasteiger partial charge in [-0.3, -0.25) is 0 Å². The molecule has 0 saturated carbocycles. The molecular weight excluding hydrogens is 166 g/mol. The Morgan fingerprint density at radius 2 is 2.38 bits per heavy atom. The third kappa shape index (κ3) is 1.47. The minimum atomic E-state index is 0.491. The van der Waals surface area contributed by atoms with Crippen molar-refractivity contribution in [1.29, 1.82) is 0 Å². The van der Waals surface area contributed by atoms with Gasteiger partial charge in [-0.1, -0.05) is 0 Å². The number of pyridine rings is 1. The first-order valence-electron chi connectivity index (χ1n) is 3.89. The van der Waals surface area contributed by atoms with Gasteiger partial charge in [0.2, 0.25) is 12.2 Å². The third-order valence-corrected chi connectivity index (χ3v) is 1.74. The maximum atomic E-state index is 6.66. The average Bonchev–Trinajstić information content (AvgIpc) is 2.61. The molecule has 5 nitrogen and oxygen atoms in total. The lowest BCUT2D eigenvalue weighted by Crippen LogP contribution is -1.89. The molecule has 0 fully saturated rings. The Labute approximate surface area is 74.6 Å². The van der Waals surface area contributed by atoms with Crippen LogP contribution in [-0.4, -0.2) is 26.9 Å². The van der Waals surface area contributed by atoms with Crippen LogP contribution < -0.4 is 0 Å². The van der Waals surface area contributed by atoms with Crippen LogP contribution in [0.25, 0.3) is 16.0 Å². The summed E-state index contributed by atoms with van der Waals surface area (Å²) in [5, 5.41) is 10.2. The van der Waals surface area contributed by atoms with Crippen LogP contribution in [0.15, 0.2) is 12.3 Å². The summed E-state index contributed by atoms with van der Waals surface area (Å²) in [5.41, 5.74) is 2.39. The number of H-pyrrole nitrogens is 1. The summed E-state index contributed by atoms with van der Waals surface area (Å²) in [5.74, 6) is 0. The van der Waals surface area contributed by atoms with Gasteiger partial charge in [-0.15, -0.1) is 5.10 Å². The van der Waals surface area contributed by atoms with Crippen LogP contribution in [0.4, 0.5) is 0 Å². The number of hydrogen-bond acceptors (Lipinski definition) is 3. The lowest BCUT2D eigenvalue weighted by molar-refractivity contribution is 0.954. The lowest BCUT2D eigenvalue weighted by atomic mass is 10.2. The Balaban J connectivity index is 2.33. The highest BCUT2D eigenvalue weighted by Gasteiger charge is 2.01. The van der Waals surface area contributed by atoms with Gasteiger partial charge in [0, 0.05) is 12.6 Å². The molecule has 0 atom stereocenters. The monoisotopic (exact) mass is 173 g/mol. The van der Waals surface area contributed by atoms with E-state index in [1.54, 1.807) is 6.20 Å². The van der Waals surface area contributed by atoms with E-state index in [1.165, 1.54) is 0 Å². The zero-order valence-electron chi connectivity index (χ0n) is 6.86. The second-order valence-corrected chi connectivity index (χ2v) is 2.64. The van der Waals surface area contributed by atoms with Gasteiger partial charge in [0.15, 0.2) is 0 Å². The van der Waals surface area contributed by atoms with E-state index in [0.29, 0.717) is 12.2 Å². The van der Waals surface area contributed by atoms with Crippen LogP contribution in [0.3, 0.4) is 0 Å². The topological polar surface area (TPSA) is 58.8 Å². The highest BCUT2D eigenvalue weighted by molar-refractivity contribution is 5.68. The van der Waals surface area contributed by atoms with Crippen molar-refractivity contribution in [2.75, 3.05) is 6.54 Å². The summed E-state index contributed by atoms with van der Waals surface area (Å²) in [7, 11) is 0. The van der Waals surface area contributed by atoms with Crippen molar-refractivity contribution in [3.63, 3.8) is 0 Å². The van der Waals surface area contributed by atoms with Gasteiger partial charge in [0.25, 0.3) is 0 Å². The van der Waals surface area contributed by atoms with Crippen LogP contribution in [0, 0.1) is 6.57 Å². The predicted octanol–water partition coefficient (Wildman–Crippen LogP) is 0.815. The van der Waals surface area contributed by atoms with E-state index in [2.05, 4.69) is 25.2 Å². The van der Waals surface area contributed by atoms with Crippen molar-refractivity contribution in [3.8, 4) is 0 Å². The average molecular weight is 173 g/mol. The number of nitrogens with one attached hydrogen (secondary N) is 1. The molecule has 2 aromatic heterocycles. The molecule has 0 spiro atoms. The first kappa shape index (κ1) is 7.68. The maximum absolute atomic E-state index is 6.66. The maximum Gasteiger partial charge on any atom is 0.218 e. The molecule has 0 unspecified atom stereocenters. The van der Waals surface area contributed by atoms with Crippen molar-refractivity contribution < 1.29 is 0 Å². The fourth-order valence-corrected chi connectivity index (χ4v) is 1.10. The molecule has 0 aromatic carbocycles. The van der Waals surface area contributed by atoms with Gasteiger partial charge in [-0.2, -0.15) is 10.3 Å². The second-order valence-electron chi connectivity index (χ2n) is 2.64. The van der Waals surface area contributed by atoms with Crippen LogP contribution in [-0.2, 0) is 6.42 Å². The van der Waals surface area contributed by atoms with Gasteiger partial charge >= 0.3 is 0 Å². The minimum absolute atomic E-state index is 0.491. The molecule has 1 N–H and O–H groups in total. The summed E-state index contributed by atoms with van der Waals surface area (Å²) in [6, 6.07) is 1.90. The van der Waals surface area contributed by atoms with Crippen LogP contribution in [0.5, 0.6) is 0 Å². The SMILES string of the molecule is [C-]#[N+]CCc1cnc2n[nH]nc2c1. The molecule has 0 aliphatic heterocycles. The minimum Gasteiger partial charge on any atom is -0.317 e. The highest BCUT2D eigenvalue weighted by Crippen LogP contribution is 2.07. The summed E-state index contributed by atoms with van der Waals surface area (Å²) in [6.07, 6.45) is 2.45. The quantitative estimate of drug-likeness (QED) is 0.684. The summed E-state index contributed by atoms with van der Waals surface area (Å²) in [4.78, 5) is 7.36. The molecule has 64 valence electrons. The smallest absolute Gasteiger partial charge is 0.218 e. The van der Waals surface area contributed by atoms with Crippen LogP contribution >= 0.6 is 0 Å². The molecular formula is C8H7N5. The summed E-state index contributed by atoms with van der Waals surface area (Å²) in [6.45, 7) is 7.15. The van der Waals surface area contributed by atoms with Crippen LogP contribution in [0.1, 0.15) is 5.56 Å². The van der Waals surface area contributed by atoms with Crippen molar-refractivity contribution in [1.82, 2.24) is 20.4 Å². The second kappa shape index (κ2) is 3.19. The van der Waals surface area contributed by atoms with E-state index < -0.39 is 0 Å². The molecule has 2 heterocycles. The van der Waals surface area contributed by atoms with E-state index in [9.17, 15) is 0 Å². The summed E-state index contributed by atoms with van der Waals surface area (Å²) >= 11 is 0. The van der Waals surface area contributed by atoms with Crippen molar-refractivity contribution in [3.05, 3.63) is 29.2 Å². The van der Waals surface area contributed by atoms with Gasteiger partial charge in [-0.25, -0.2) is 11.6 Å². The van der Waals surface area contributed by atoms with E-state index >= 15 is 0 Å². The molecule has 5 heteroatoms. The molecule has 0 amide bonds. The molecule has 0 saturated heterocycles. The largest absolute Gasteiger partial charge is 0.317 e. The number of nitrogens with zero attached hydrogens (tertiary/aromatic N) is 4. The van der Waals surface area contributed by atoms with E-state index in [4.69, 9.17) is 6.57 Å². The first-order valence-corrected chi connectivity index (χ1v) is 3.89. The number of hydrogen-bond donors (Lipinski definition) is 1. The molecule has 0 radical (unpaired) electrons. The van der Waals surface area contributed by atoms with Crippen molar-refractivity contribution >= 4 is 11.2 Å². The zero-order valence-corrected chi connectivity index (χ0v) is 6.86. The van der Waals surface area contributed by atoms with Gasteiger partial charge in [0.1, 0.15) is 5.52 Å². The van der Waals surface area contributed by atoms with Gasteiger partial charge < -0.3 is 4.85 Å². The van der Waals surface area contributed by atoms with E-state index in [0.717, 1.165) is 17.5 Å². The Bertz CT molecular complexity index is 453. The van der Waals surface area contributed by atoms with Crippen molar-refractivity contribution in [2.24, 2.45) is 0 Å². The number of rotatable bonds is 2. The fraction of sp³-hybridized carbons (Fsp3) is 0.250. The van der Waals surface area contributed by atoms with E-state index in [1.807, 2.05) is 6.07 Å². The molecule has 2 aromatic rings. The predicted molar refractivity (Wildman–Crippen MR) is 46.9 cm³/mol. The number of aromatic nitrogens is 4. The molecule has 13 heavy (non-hydrogen) atoms. The fourth-order valence-electron chi connectivity index (χ4n) is 1.10. The van der Waals surface area contributed by atoms with Gasteiger partial charge in [-0.05, 0) is 11.6 Å². The highest BCUT2D eigenvalue weighted by atomic mass is 15.3. The Hall–Kier alpha value is -1.96. The number of aromatic amines is 1. The summed E-state index contributed by atoms with van der Waals surface area (Å²) < 4.78 is 0. The molecule has 2 rings (SSSR count). The van der Waals surface area contributed by atoms with E-state index in [-0.39, 0.29) is 0 Å². The Morgan fingerprint density at radius 3 is 3.23 bits per heavy atom. The normalized spacial score (nSPS) is 10.1. The molecule has 0 bridgehead atoms. The molecule has 0 aliphatic carbocycles.